The monoisotopic (exact) mass is 227 g/mol. The summed E-state index contributed by atoms with van der Waals surface area (Å²) >= 11 is 0. The molecule has 1 fully saturated rings. The van der Waals surface area contributed by atoms with Crippen molar-refractivity contribution in [3.63, 3.8) is 0 Å². The molecule has 16 heavy (non-hydrogen) atoms. The van der Waals surface area contributed by atoms with E-state index in [2.05, 4.69) is 26.1 Å². The van der Waals surface area contributed by atoms with E-state index in [-0.39, 0.29) is 5.60 Å². The Labute approximate surface area is 101 Å². The van der Waals surface area contributed by atoms with E-state index in [0.29, 0.717) is 6.04 Å². The molecule has 2 heteroatoms. The highest BCUT2D eigenvalue weighted by Gasteiger charge is 2.21. The van der Waals surface area contributed by atoms with E-state index < -0.39 is 0 Å². The molecule has 0 aromatic rings. The molecule has 2 nitrogen and oxygen atoms in total. The fraction of sp³-hybridized carbons (Fsp3) is 1.00. The van der Waals surface area contributed by atoms with Crippen LogP contribution in [0.25, 0.3) is 0 Å². The van der Waals surface area contributed by atoms with E-state index >= 15 is 0 Å². The first-order valence-corrected chi connectivity index (χ1v) is 6.86. The Morgan fingerprint density at radius 3 is 2.56 bits per heavy atom. The molecular weight excluding hydrogens is 198 g/mol. The first-order chi connectivity index (χ1) is 7.57. The summed E-state index contributed by atoms with van der Waals surface area (Å²) in [6, 6.07) is 0.714. The molecule has 2 unspecified atom stereocenters. The SMILES string of the molecule is CCC1CCCC(NCC(C)(C)OC)CC1. The molecule has 0 bridgehead atoms. The minimum Gasteiger partial charge on any atom is -0.377 e. The van der Waals surface area contributed by atoms with Gasteiger partial charge in [0.05, 0.1) is 5.60 Å². The van der Waals surface area contributed by atoms with Gasteiger partial charge in [-0.3, -0.25) is 0 Å². The summed E-state index contributed by atoms with van der Waals surface area (Å²) in [6.45, 7) is 7.58. The van der Waals surface area contributed by atoms with Crippen LogP contribution in [0.15, 0.2) is 0 Å². The third kappa shape index (κ3) is 4.84. The average Bonchev–Trinajstić information content (AvgIpc) is 2.51. The summed E-state index contributed by atoms with van der Waals surface area (Å²) in [5.74, 6) is 0.974. The fourth-order valence-electron chi connectivity index (χ4n) is 2.45. The summed E-state index contributed by atoms with van der Waals surface area (Å²) < 4.78 is 5.44. The lowest BCUT2D eigenvalue weighted by Crippen LogP contribution is -2.41. The third-order valence-electron chi connectivity index (χ3n) is 4.03. The second-order valence-corrected chi connectivity index (χ2v) is 5.82. The van der Waals surface area contributed by atoms with Gasteiger partial charge in [0, 0.05) is 19.7 Å². The van der Waals surface area contributed by atoms with Crippen molar-refractivity contribution in [1.82, 2.24) is 5.32 Å². The Morgan fingerprint density at radius 2 is 1.94 bits per heavy atom. The van der Waals surface area contributed by atoms with Crippen LogP contribution in [0.1, 0.15) is 59.3 Å². The predicted octanol–water partition coefficient (Wildman–Crippen LogP) is 3.36. The predicted molar refractivity (Wildman–Crippen MR) is 69.7 cm³/mol. The second-order valence-electron chi connectivity index (χ2n) is 5.82. The van der Waals surface area contributed by atoms with Crippen molar-refractivity contribution in [2.75, 3.05) is 13.7 Å². The topological polar surface area (TPSA) is 21.3 Å². The van der Waals surface area contributed by atoms with E-state index in [4.69, 9.17) is 4.74 Å². The standard InChI is InChI=1S/C14H29NO/c1-5-12-7-6-8-13(10-9-12)15-11-14(2,3)16-4/h12-13,15H,5-11H2,1-4H3. The van der Waals surface area contributed by atoms with E-state index in [1.54, 1.807) is 7.11 Å². The van der Waals surface area contributed by atoms with Crippen LogP contribution < -0.4 is 5.32 Å². The quantitative estimate of drug-likeness (QED) is 0.727. The van der Waals surface area contributed by atoms with E-state index in [1.807, 2.05) is 0 Å². The zero-order valence-electron chi connectivity index (χ0n) is 11.5. The second kappa shape index (κ2) is 6.61. The Kier molecular flexibility index (Phi) is 5.77. The molecule has 0 amide bonds. The number of ether oxygens (including phenoxy) is 1. The fourth-order valence-corrected chi connectivity index (χ4v) is 2.45. The molecule has 0 aliphatic heterocycles. The highest BCUT2D eigenvalue weighted by molar-refractivity contribution is 4.78. The van der Waals surface area contributed by atoms with Gasteiger partial charge in [-0.2, -0.15) is 0 Å². The van der Waals surface area contributed by atoms with Crippen molar-refractivity contribution in [2.45, 2.75) is 70.9 Å². The molecule has 1 N–H and O–H groups in total. The molecule has 1 rings (SSSR count). The van der Waals surface area contributed by atoms with Gasteiger partial charge in [0.2, 0.25) is 0 Å². The van der Waals surface area contributed by atoms with Crippen LogP contribution in [0, 0.1) is 5.92 Å². The van der Waals surface area contributed by atoms with Gasteiger partial charge in [0.25, 0.3) is 0 Å². The molecule has 1 aliphatic rings. The van der Waals surface area contributed by atoms with Crippen molar-refractivity contribution in [3.05, 3.63) is 0 Å². The molecule has 0 heterocycles. The maximum Gasteiger partial charge on any atom is 0.0746 e. The molecule has 2 atom stereocenters. The molecule has 96 valence electrons. The summed E-state index contributed by atoms with van der Waals surface area (Å²) in [5.41, 5.74) is -0.0313. The van der Waals surface area contributed by atoms with Gasteiger partial charge in [0.1, 0.15) is 0 Å². The normalized spacial score (nSPS) is 27.8. The number of rotatable bonds is 5. The zero-order chi connectivity index (χ0) is 12.0. The number of hydrogen-bond acceptors (Lipinski definition) is 2. The maximum atomic E-state index is 5.44. The van der Waals surface area contributed by atoms with Crippen molar-refractivity contribution in [2.24, 2.45) is 5.92 Å². The lowest BCUT2D eigenvalue weighted by molar-refractivity contribution is 0.0206. The van der Waals surface area contributed by atoms with Crippen molar-refractivity contribution < 1.29 is 4.74 Å². The molecule has 0 radical (unpaired) electrons. The summed E-state index contributed by atoms with van der Waals surface area (Å²) in [4.78, 5) is 0. The number of hydrogen-bond donors (Lipinski definition) is 1. The summed E-state index contributed by atoms with van der Waals surface area (Å²) in [5, 5.41) is 3.67. The van der Waals surface area contributed by atoms with E-state index in [1.165, 1.54) is 38.5 Å². The van der Waals surface area contributed by atoms with Gasteiger partial charge < -0.3 is 10.1 Å². The van der Waals surface area contributed by atoms with Gasteiger partial charge in [-0.1, -0.05) is 26.2 Å². The Hall–Kier alpha value is -0.0800. The maximum absolute atomic E-state index is 5.44. The average molecular weight is 227 g/mol. The van der Waals surface area contributed by atoms with E-state index in [0.717, 1.165) is 12.5 Å². The van der Waals surface area contributed by atoms with Gasteiger partial charge in [-0.05, 0) is 39.0 Å². The van der Waals surface area contributed by atoms with Crippen LogP contribution in [0.3, 0.4) is 0 Å². The van der Waals surface area contributed by atoms with Gasteiger partial charge in [0.15, 0.2) is 0 Å². The lowest BCUT2D eigenvalue weighted by atomic mass is 9.98. The van der Waals surface area contributed by atoms with Crippen LogP contribution in [-0.4, -0.2) is 25.3 Å². The highest BCUT2D eigenvalue weighted by atomic mass is 16.5. The minimum atomic E-state index is -0.0313. The Morgan fingerprint density at radius 1 is 1.19 bits per heavy atom. The van der Waals surface area contributed by atoms with Crippen LogP contribution in [0.5, 0.6) is 0 Å². The smallest absolute Gasteiger partial charge is 0.0746 e. The van der Waals surface area contributed by atoms with Gasteiger partial charge in [-0.25, -0.2) is 0 Å². The molecule has 1 saturated carbocycles. The van der Waals surface area contributed by atoms with Crippen molar-refractivity contribution >= 4 is 0 Å². The Balaban J connectivity index is 2.27. The lowest BCUT2D eigenvalue weighted by Gasteiger charge is -2.26. The summed E-state index contributed by atoms with van der Waals surface area (Å²) in [6.07, 6.45) is 8.28. The molecule has 0 saturated heterocycles. The van der Waals surface area contributed by atoms with Crippen LogP contribution in [-0.2, 0) is 4.74 Å². The molecule has 1 aliphatic carbocycles. The van der Waals surface area contributed by atoms with Crippen molar-refractivity contribution in [1.29, 1.82) is 0 Å². The minimum absolute atomic E-state index is 0.0313. The number of methoxy groups -OCH3 is 1. The van der Waals surface area contributed by atoms with Gasteiger partial charge >= 0.3 is 0 Å². The van der Waals surface area contributed by atoms with Gasteiger partial charge in [-0.15, -0.1) is 0 Å². The zero-order valence-corrected chi connectivity index (χ0v) is 11.5. The summed E-state index contributed by atoms with van der Waals surface area (Å²) in [7, 11) is 1.79. The molecular formula is C14H29NO. The van der Waals surface area contributed by atoms with E-state index in [9.17, 15) is 0 Å². The number of nitrogens with one attached hydrogen (secondary N) is 1. The van der Waals surface area contributed by atoms with Crippen LogP contribution >= 0.6 is 0 Å². The molecule has 0 aromatic heterocycles. The van der Waals surface area contributed by atoms with Crippen LogP contribution in [0.4, 0.5) is 0 Å². The highest BCUT2D eigenvalue weighted by Crippen LogP contribution is 2.25. The Bertz CT molecular complexity index is 191. The third-order valence-corrected chi connectivity index (χ3v) is 4.03. The van der Waals surface area contributed by atoms with Crippen molar-refractivity contribution in [3.8, 4) is 0 Å². The first-order valence-electron chi connectivity index (χ1n) is 6.86. The molecule has 0 spiro atoms. The first kappa shape index (κ1) is 14.0. The van der Waals surface area contributed by atoms with Crippen LogP contribution in [0.2, 0.25) is 0 Å². The largest absolute Gasteiger partial charge is 0.377 e. The molecule has 0 aromatic carbocycles.